The molecule has 8 heteroatoms. The maximum absolute atomic E-state index is 6.04. The predicted octanol–water partition coefficient (Wildman–Crippen LogP) is 3.68. The van der Waals surface area contributed by atoms with Gasteiger partial charge in [0.15, 0.2) is 5.96 Å². The van der Waals surface area contributed by atoms with Crippen LogP contribution in [0, 0.1) is 5.92 Å². The Hall–Kier alpha value is -0.180. The van der Waals surface area contributed by atoms with Gasteiger partial charge in [-0.3, -0.25) is 4.99 Å². The van der Waals surface area contributed by atoms with Gasteiger partial charge in [-0.25, -0.2) is 0 Å². The molecule has 0 saturated carbocycles. The molecule has 1 rings (SSSR count). The van der Waals surface area contributed by atoms with Crippen LogP contribution >= 0.6 is 47.2 Å². The SMILES string of the molecule is CN=C(NCCOCCC(C)C)NCc1cc(Cl)c(Cl)n1C.I. The standard InChI is InChI=1S/C15H26Cl2N4O.HI/c1-11(2)5-7-22-8-6-19-15(18-3)20-10-12-9-13(16)14(17)21(12)4;/h9,11H,5-8,10H2,1-4H3,(H2,18,19,20);1H. The fourth-order valence-electron chi connectivity index (χ4n) is 1.82. The minimum atomic E-state index is 0. The molecule has 0 bridgehead atoms. The molecule has 0 spiro atoms. The Balaban J connectivity index is 0.00000484. The Labute approximate surface area is 166 Å². The Morgan fingerprint density at radius 3 is 2.52 bits per heavy atom. The fraction of sp³-hybridized carbons (Fsp3) is 0.667. The third-order valence-electron chi connectivity index (χ3n) is 3.25. The van der Waals surface area contributed by atoms with Crippen LogP contribution < -0.4 is 10.6 Å². The third-order valence-corrected chi connectivity index (χ3v) is 4.10. The Kier molecular flexibility index (Phi) is 12.1. The molecule has 0 unspecified atom stereocenters. The molecule has 0 aliphatic carbocycles. The number of hydrogen-bond donors (Lipinski definition) is 2. The molecule has 0 aromatic carbocycles. The highest BCUT2D eigenvalue weighted by Crippen LogP contribution is 2.24. The van der Waals surface area contributed by atoms with E-state index in [-0.39, 0.29) is 24.0 Å². The summed E-state index contributed by atoms with van der Waals surface area (Å²) in [5.74, 6) is 1.40. The van der Waals surface area contributed by atoms with Crippen molar-refractivity contribution in [2.75, 3.05) is 26.8 Å². The normalized spacial score (nSPS) is 11.5. The summed E-state index contributed by atoms with van der Waals surface area (Å²) >= 11 is 12.0. The zero-order valence-electron chi connectivity index (χ0n) is 14.2. The average Bonchev–Trinajstić information content (AvgIpc) is 2.72. The lowest BCUT2D eigenvalue weighted by Gasteiger charge is -2.13. The minimum absolute atomic E-state index is 0. The van der Waals surface area contributed by atoms with Gasteiger partial charge in [-0.2, -0.15) is 0 Å². The molecule has 1 aromatic rings. The molecule has 0 saturated heterocycles. The van der Waals surface area contributed by atoms with Crippen LogP contribution in [0.5, 0.6) is 0 Å². The second-order valence-corrected chi connectivity index (χ2v) is 6.25. The molecule has 134 valence electrons. The lowest BCUT2D eigenvalue weighted by molar-refractivity contribution is 0.128. The lowest BCUT2D eigenvalue weighted by Crippen LogP contribution is -2.38. The molecule has 1 heterocycles. The summed E-state index contributed by atoms with van der Waals surface area (Å²) in [4.78, 5) is 4.17. The summed E-state index contributed by atoms with van der Waals surface area (Å²) in [6, 6.07) is 1.85. The number of aliphatic imine (C=N–C) groups is 1. The zero-order chi connectivity index (χ0) is 16.5. The Morgan fingerprint density at radius 2 is 2.00 bits per heavy atom. The maximum atomic E-state index is 6.04. The quantitative estimate of drug-likeness (QED) is 0.260. The fourth-order valence-corrected chi connectivity index (χ4v) is 2.23. The maximum Gasteiger partial charge on any atom is 0.191 e. The predicted molar refractivity (Wildman–Crippen MR) is 109 cm³/mol. The highest BCUT2D eigenvalue weighted by Gasteiger charge is 2.09. The molecular formula is C15H27Cl2IN4O. The van der Waals surface area contributed by atoms with Gasteiger partial charge in [-0.05, 0) is 18.4 Å². The van der Waals surface area contributed by atoms with E-state index in [1.165, 1.54) is 0 Å². The van der Waals surface area contributed by atoms with Crippen LogP contribution in [0.15, 0.2) is 11.1 Å². The number of nitrogens with zero attached hydrogens (tertiary/aromatic N) is 2. The molecular weight excluding hydrogens is 450 g/mol. The molecule has 0 atom stereocenters. The minimum Gasteiger partial charge on any atom is -0.380 e. The van der Waals surface area contributed by atoms with Gasteiger partial charge in [0.2, 0.25) is 0 Å². The van der Waals surface area contributed by atoms with Crippen LogP contribution in [-0.4, -0.2) is 37.3 Å². The summed E-state index contributed by atoms with van der Waals surface area (Å²) < 4.78 is 7.40. The van der Waals surface area contributed by atoms with E-state index in [9.17, 15) is 0 Å². The van der Waals surface area contributed by atoms with E-state index in [4.69, 9.17) is 27.9 Å². The molecule has 0 fully saturated rings. The summed E-state index contributed by atoms with van der Waals surface area (Å²) in [5, 5.41) is 7.53. The van der Waals surface area contributed by atoms with Gasteiger partial charge in [-0.15, -0.1) is 24.0 Å². The van der Waals surface area contributed by atoms with Crippen molar-refractivity contribution in [2.24, 2.45) is 18.0 Å². The topological polar surface area (TPSA) is 50.6 Å². The van der Waals surface area contributed by atoms with Crippen LogP contribution in [0.4, 0.5) is 0 Å². The van der Waals surface area contributed by atoms with E-state index in [0.717, 1.165) is 24.7 Å². The highest BCUT2D eigenvalue weighted by molar-refractivity contribution is 14.0. The van der Waals surface area contributed by atoms with Crippen molar-refractivity contribution in [1.82, 2.24) is 15.2 Å². The molecule has 2 N–H and O–H groups in total. The van der Waals surface area contributed by atoms with E-state index in [1.54, 1.807) is 7.05 Å². The third kappa shape index (κ3) is 8.47. The van der Waals surface area contributed by atoms with E-state index < -0.39 is 0 Å². The molecule has 5 nitrogen and oxygen atoms in total. The number of halogens is 3. The van der Waals surface area contributed by atoms with E-state index in [1.807, 2.05) is 17.7 Å². The summed E-state index contributed by atoms with van der Waals surface area (Å²) in [5.41, 5.74) is 0.992. The number of rotatable bonds is 8. The first-order valence-electron chi connectivity index (χ1n) is 7.47. The van der Waals surface area contributed by atoms with Gasteiger partial charge in [-0.1, -0.05) is 37.0 Å². The van der Waals surface area contributed by atoms with Crippen molar-refractivity contribution in [3.05, 3.63) is 21.9 Å². The second-order valence-electron chi connectivity index (χ2n) is 5.48. The van der Waals surface area contributed by atoms with Gasteiger partial charge >= 0.3 is 0 Å². The van der Waals surface area contributed by atoms with Crippen molar-refractivity contribution >= 4 is 53.1 Å². The molecule has 23 heavy (non-hydrogen) atoms. The van der Waals surface area contributed by atoms with Crippen molar-refractivity contribution in [3.63, 3.8) is 0 Å². The van der Waals surface area contributed by atoms with Gasteiger partial charge in [0.05, 0.1) is 18.2 Å². The largest absolute Gasteiger partial charge is 0.380 e. The van der Waals surface area contributed by atoms with Gasteiger partial charge in [0, 0.05) is 32.9 Å². The number of ether oxygens (including phenoxy) is 1. The van der Waals surface area contributed by atoms with Crippen molar-refractivity contribution in [3.8, 4) is 0 Å². The van der Waals surface area contributed by atoms with E-state index >= 15 is 0 Å². The van der Waals surface area contributed by atoms with Crippen LogP contribution in [0.3, 0.4) is 0 Å². The first-order valence-corrected chi connectivity index (χ1v) is 8.23. The summed E-state index contributed by atoms with van der Waals surface area (Å²) in [6.07, 6.45) is 1.09. The van der Waals surface area contributed by atoms with Gasteiger partial charge < -0.3 is 19.9 Å². The first kappa shape index (κ1) is 22.8. The number of nitrogens with one attached hydrogen (secondary N) is 2. The first-order chi connectivity index (χ1) is 10.5. The average molecular weight is 477 g/mol. The molecule has 0 aliphatic heterocycles. The monoisotopic (exact) mass is 476 g/mol. The molecule has 0 aliphatic rings. The molecule has 0 amide bonds. The Morgan fingerprint density at radius 1 is 1.30 bits per heavy atom. The van der Waals surface area contributed by atoms with Crippen molar-refractivity contribution in [1.29, 1.82) is 0 Å². The highest BCUT2D eigenvalue weighted by atomic mass is 127. The van der Waals surface area contributed by atoms with E-state index in [0.29, 0.717) is 35.8 Å². The van der Waals surface area contributed by atoms with Crippen molar-refractivity contribution < 1.29 is 4.74 Å². The van der Waals surface area contributed by atoms with Crippen LogP contribution in [0.1, 0.15) is 26.0 Å². The van der Waals surface area contributed by atoms with Crippen LogP contribution in [0.2, 0.25) is 10.2 Å². The molecule has 0 radical (unpaired) electrons. The number of guanidine groups is 1. The second kappa shape index (κ2) is 12.2. The molecule has 1 aromatic heterocycles. The van der Waals surface area contributed by atoms with Crippen LogP contribution in [-0.2, 0) is 18.3 Å². The summed E-state index contributed by atoms with van der Waals surface area (Å²) in [7, 11) is 3.61. The van der Waals surface area contributed by atoms with Crippen molar-refractivity contribution in [2.45, 2.75) is 26.8 Å². The zero-order valence-corrected chi connectivity index (χ0v) is 18.0. The number of hydrogen-bond acceptors (Lipinski definition) is 2. The number of aromatic nitrogens is 1. The summed E-state index contributed by atoms with van der Waals surface area (Å²) in [6.45, 7) is 7.15. The van der Waals surface area contributed by atoms with Gasteiger partial charge in [0.1, 0.15) is 5.15 Å². The smallest absolute Gasteiger partial charge is 0.191 e. The lowest BCUT2D eigenvalue weighted by atomic mass is 10.1. The Bertz CT molecular complexity index is 492. The van der Waals surface area contributed by atoms with Gasteiger partial charge in [0.25, 0.3) is 0 Å². The van der Waals surface area contributed by atoms with E-state index in [2.05, 4.69) is 29.5 Å². The van der Waals surface area contributed by atoms with Crippen LogP contribution in [0.25, 0.3) is 0 Å².